The Hall–Kier alpha value is -2.97. The predicted octanol–water partition coefficient (Wildman–Crippen LogP) is 7.35. The summed E-state index contributed by atoms with van der Waals surface area (Å²) < 4.78 is 17.0. The molecule has 8 heteroatoms. The Labute approximate surface area is 286 Å². The Morgan fingerprint density at radius 2 is 1.15 bits per heavy atom. The van der Waals surface area contributed by atoms with Gasteiger partial charge in [-0.25, -0.2) is 0 Å². The molecular weight excluding hydrogens is 594 g/mol. The molecule has 0 aromatic heterocycles. The zero-order chi connectivity index (χ0) is 35.0. The van der Waals surface area contributed by atoms with Gasteiger partial charge in [0.25, 0.3) is 0 Å². The van der Waals surface area contributed by atoms with E-state index in [-0.39, 0.29) is 49.1 Å². The number of carbonyl (C=O) groups excluding carboxylic acids is 3. The lowest BCUT2D eigenvalue weighted by atomic mass is 10.1. The fourth-order valence-electron chi connectivity index (χ4n) is 4.66. The number of hydrogen-bond donors (Lipinski definition) is 0. The number of carboxylic acids is 1. The van der Waals surface area contributed by atoms with Gasteiger partial charge in [-0.1, -0.05) is 93.9 Å². The third-order valence-electron chi connectivity index (χ3n) is 7.40. The molecule has 0 rings (SSSR count). The van der Waals surface area contributed by atoms with Crippen molar-refractivity contribution in [1.82, 2.24) is 0 Å². The van der Waals surface area contributed by atoms with Crippen molar-refractivity contribution in [1.29, 1.82) is 0 Å². The molecule has 47 heavy (non-hydrogen) atoms. The first-order valence-electron chi connectivity index (χ1n) is 17.8. The van der Waals surface area contributed by atoms with Crippen LogP contribution in [0.15, 0.2) is 60.8 Å². The number of esters is 2. The Morgan fingerprint density at radius 3 is 1.72 bits per heavy atom. The molecule has 268 valence electrons. The van der Waals surface area contributed by atoms with E-state index in [1.165, 1.54) is 0 Å². The summed E-state index contributed by atoms with van der Waals surface area (Å²) in [5, 5.41) is 11.5. The fourth-order valence-corrected chi connectivity index (χ4v) is 4.66. The van der Waals surface area contributed by atoms with E-state index in [4.69, 9.17) is 14.2 Å². The van der Waals surface area contributed by atoms with E-state index in [9.17, 15) is 19.5 Å². The van der Waals surface area contributed by atoms with Gasteiger partial charge in [-0.15, -0.1) is 0 Å². The molecule has 0 aliphatic carbocycles. The predicted molar refractivity (Wildman–Crippen MR) is 189 cm³/mol. The summed E-state index contributed by atoms with van der Waals surface area (Å²) in [6.45, 7) is 4.32. The largest absolute Gasteiger partial charge is 0.544 e. The van der Waals surface area contributed by atoms with Crippen molar-refractivity contribution in [2.75, 3.05) is 41.0 Å². The van der Waals surface area contributed by atoms with Gasteiger partial charge < -0.3 is 28.6 Å². The van der Waals surface area contributed by atoms with Crippen LogP contribution in [0.3, 0.4) is 0 Å². The molecule has 0 aromatic rings. The molecule has 0 radical (unpaired) electrons. The van der Waals surface area contributed by atoms with Crippen LogP contribution >= 0.6 is 0 Å². The van der Waals surface area contributed by atoms with Crippen molar-refractivity contribution in [3.05, 3.63) is 60.8 Å². The van der Waals surface area contributed by atoms with Gasteiger partial charge in [0.15, 0.2) is 6.10 Å². The third kappa shape index (κ3) is 28.9. The molecule has 0 aliphatic rings. The Balaban J connectivity index is 4.56. The Bertz CT molecular complexity index is 959. The van der Waals surface area contributed by atoms with Crippen LogP contribution in [0.25, 0.3) is 0 Å². The molecule has 0 amide bonds. The summed E-state index contributed by atoms with van der Waals surface area (Å²) in [6, 6.07) is -0.736. The normalized spacial score (nSPS) is 13.8. The second-order valence-electron chi connectivity index (χ2n) is 12.7. The van der Waals surface area contributed by atoms with E-state index in [0.29, 0.717) is 12.8 Å². The van der Waals surface area contributed by atoms with E-state index in [1.807, 2.05) is 0 Å². The van der Waals surface area contributed by atoms with Gasteiger partial charge in [-0.05, 0) is 64.2 Å². The number of quaternary nitrogens is 1. The second kappa shape index (κ2) is 30.4. The zero-order valence-electron chi connectivity index (χ0n) is 30.2. The van der Waals surface area contributed by atoms with E-state index < -0.39 is 18.1 Å². The topological polar surface area (TPSA) is 102 Å². The summed E-state index contributed by atoms with van der Waals surface area (Å²) in [5.41, 5.74) is 0. The van der Waals surface area contributed by atoms with Gasteiger partial charge in [0, 0.05) is 19.3 Å². The Kier molecular flexibility index (Phi) is 28.4. The van der Waals surface area contributed by atoms with Gasteiger partial charge in [0.2, 0.25) is 0 Å². The zero-order valence-corrected chi connectivity index (χ0v) is 30.2. The first-order chi connectivity index (χ1) is 22.6. The van der Waals surface area contributed by atoms with Crippen LogP contribution in [0.4, 0.5) is 0 Å². The summed E-state index contributed by atoms with van der Waals surface area (Å²) in [4.78, 5) is 36.5. The van der Waals surface area contributed by atoms with Crippen LogP contribution in [0.5, 0.6) is 0 Å². The van der Waals surface area contributed by atoms with E-state index in [0.717, 1.165) is 77.0 Å². The maximum absolute atomic E-state index is 12.6. The minimum absolute atomic E-state index is 0.0128. The monoisotopic (exact) mass is 659 g/mol. The maximum Gasteiger partial charge on any atom is 0.306 e. The van der Waals surface area contributed by atoms with Gasteiger partial charge in [-0.3, -0.25) is 9.59 Å². The molecule has 0 aliphatic heterocycles. The number of hydrogen-bond acceptors (Lipinski definition) is 7. The molecule has 0 heterocycles. The quantitative estimate of drug-likeness (QED) is 0.0344. The van der Waals surface area contributed by atoms with Crippen LogP contribution in [-0.2, 0) is 28.6 Å². The molecule has 8 nitrogen and oxygen atoms in total. The van der Waals surface area contributed by atoms with E-state index in [2.05, 4.69) is 74.6 Å². The third-order valence-corrected chi connectivity index (χ3v) is 7.40. The van der Waals surface area contributed by atoms with Gasteiger partial charge in [0.1, 0.15) is 12.6 Å². The van der Waals surface area contributed by atoms with Gasteiger partial charge >= 0.3 is 11.9 Å². The van der Waals surface area contributed by atoms with Crippen LogP contribution in [0.2, 0.25) is 0 Å². The number of ether oxygens (including phenoxy) is 3. The van der Waals surface area contributed by atoms with Crippen molar-refractivity contribution in [3.8, 4) is 0 Å². The van der Waals surface area contributed by atoms with Gasteiger partial charge in [0.05, 0.1) is 40.3 Å². The highest BCUT2D eigenvalue weighted by Crippen LogP contribution is 2.11. The number of likely N-dealkylation sites (N-methyl/N-ethyl adjacent to an activating group) is 1. The Morgan fingerprint density at radius 1 is 0.638 bits per heavy atom. The summed E-state index contributed by atoms with van der Waals surface area (Å²) in [7, 11) is 5.36. The number of nitrogens with zero attached hydrogens (tertiary/aromatic N) is 1. The number of rotatable bonds is 30. The summed E-state index contributed by atoms with van der Waals surface area (Å²) in [5.74, 6) is -1.84. The highest BCUT2D eigenvalue weighted by Gasteiger charge is 2.25. The highest BCUT2D eigenvalue weighted by atomic mass is 16.6. The number of aliphatic carboxylic acids is 1. The lowest BCUT2D eigenvalue weighted by molar-refractivity contribution is -0.889. The van der Waals surface area contributed by atoms with Crippen molar-refractivity contribution in [2.45, 2.75) is 129 Å². The average molecular weight is 660 g/mol. The van der Waals surface area contributed by atoms with Crippen LogP contribution in [-0.4, -0.2) is 75.5 Å². The summed E-state index contributed by atoms with van der Waals surface area (Å²) in [6.07, 6.45) is 34.1. The molecule has 0 saturated carbocycles. The van der Waals surface area contributed by atoms with Gasteiger partial charge in [-0.2, -0.15) is 0 Å². The molecule has 0 N–H and O–H groups in total. The molecule has 0 aromatic carbocycles. The number of allylic oxidation sites excluding steroid dienone is 10. The van der Waals surface area contributed by atoms with Crippen molar-refractivity contribution < 1.29 is 38.2 Å². The average Bonchev–Trinajstić information content (AvgIpc) is 3.01. The van der Waals surface area contributed by atoms with E-state index in [1.54, 1.807) is 21.1 Å². The molecule has 0 saturated heterocycles. The molecule has 0 fully saturated rings. The number of carboxylic acid groups (broad SMARTS) is 1. The standard InChI is InChI=1S/C39H65NO7/c1-6-8-10-12-14-16-18-20-21-23-25-27-29-37(41)46-34-35(33-45-32-31-36(39(43)44)40(3,4)5)47-38(42)30-28-26-24-22-19-17-15-13-11-9-7-2/h8-11,14-17,22,24,35-36H,6-7,12-13,18-21,23,25-34H2,1-5H3/b10-8+,11-9+,16-14+,17-15+,24-22+. The van der Waals surface area contributed by atoms with Crippen LogP contribution < -0.4 is 5.11 Å². The van der Waals surface area contributed by atoms with Crippen LogP contribution in [0, 0.1) is 0 Å². The highest BCUT2D eigenvalue weighted by molar-refractivity contribution is 5.70. The lowest BCUT2D eigenvalue weighted by Crippen LogP contribution is -2.55. The fraction of sp³-hybridized carbons (Fsp3) is 0.667. The SMILES string of the molecule is CC/C=C/C/C=C/C/C=C/CCCC(=O)OC(COCCC(C(=O)[O-])[N+](C)(C)C)COC(=O)CCCCCCC/C=C/C/C=C/CC. The minimum Gasteiger partial charge on any atom is -0.544 e. The smallest absolute Gasteiger partial charge is 0.306 e. The minimum atomic E-state index is -1.14. The summed E-state index contributed by atoms with van der Waals surface area (Å²) >= 11 is 0. The first kappa shape index (κ1) is 44.0. The lowest BCUT2D eigenvalue weighted by Gasteiger charge is -2.34. The maximum atomic E-state index is 12.6. The van der Waals surface area contributed by atoms with Crippen LogP contribution in [0.1, 0.15) is 117 Å². The first-order valence-corrected chi connectivity index (χ1v) is 17.8. The molecule has 0 bridgehead atoms. The number of carbonyl (C=O) groups is 3. The number of unbranched alkanes of at least 4 members (excludes halogenated alkanes) is 6. The second-order valence-corrected chi connectivity index (χ2v) is 12.7. The van der Waals surface area contributed by atoms with Crippen molar-refractivity contribution in [3.63, 3.8) is 0 Å². The van der Waals surface area contributed by atoms with Crippen molar-refractivity contribution >= 4 is 17.9 Å². The molecule has 0 spiro atoms. The molecule has 2 atom stereocenters. The molecule has 2 unspecified atom stereocenters. The van der Waals surface area contributed by atoms with E-state index >= 15 is 0 Å². The van der Waals surface area contributed by atoms with Crippen molar-refractivity contribution in [2.24, 2.45) is 0 Å². The molecular formula is C39H65NO7.